The maximum Gasteiger partial charge on any atom is 0.309 e. The predicted octanol–water partition coefficient (Wildman–Crippen LogP) is 4.19. The summed E-state index contributed by atoms with van der Waals surface area (Å²) in [6.45, 7) is 13.2. The van der Waals surface area contributed by atoms with E-state index in [1.165, 1.54) is 7.11 Å². The quantitative estimate of drug-likeness (QED) is 0.563. The van der Waals surface area contributed by atoms with Crippen LogP contribution >= 0.6 is 0 Å². The van der Waals surface area contributed by atoms with Gasteiger partial charge in [0, 0.05) is 24.4 Å². The Morgan fingerprint density at radius 3 is 2.38 bits per heavy atom. The lowest BCUT2D eigenvalue weighted by atomic mass is 9.60. The second kappa shape index (κ2) is 6.91. The summed E-state index contributed by atoms with van der Waals surface area (Å²) in [5, 5.41) is 0.116. The fourth-order valence-electron chi connectivity index (χ4n) is 4.23. The highest BCUT2D eigenvalue weighted by atomic mass is 28.4. The molecule has 24 heavy (non-hydrogen) atoms. The van der Waals surface area contributed by atoms with Crippen molar-refractivity contribution in [3.63, 3.8) is 0 Å². The van der Waals surface area contributed by atoms with Crippen LogP contribution in [0.5, 0.6) is 0 Å². The van der Waals surface area contributed by atoms with Crippen molar-refractivity contribution < 1.29 is 18.8 Å². The third kappa shape index (κ3) is 3.62. The van der Waals surface area contributed by atoms with Crippen molar-refractivity contribution in [2.45, 2.75) is 77.6 Å². The molecule has 5 heteroatoms. The molecule has 0 aromatic rings. The van der Waals surface area contributed by atoms with E-state index in [9.17, 15) is 9.59 Å². The smallest absolute Gasteiger partial charge is 0.309 e. The van der Waals surface area contributed by atoms with Crippen LogP contribution in [-0.2, 0) is 18.8 Å². The number of rotatable bonds is 3. The molecule has 2 aliphatic carbocycles. The molecule has 2 rings (SSSR count). The number of methoxy groups -OCH3 is 1. The Morgan fingerprint density at radius 1 is 1.21 bits per heavy atom. The molecule has 2 fully saturated rings. The van der Waals surface area contributed by atoms with Gasteiger partial charge >= 0.3 is 5.97 Å². The highest BCUT2D eigenvalue weighted by Crippen LogP contribution is 2.48. The first kappa shape index (κ1) is 19.6. The van der Waals surface area contributed by atoms with Crippen LogP contribution in [0.4, 0.5) is 0 Å². The molecule has 4 nitrogen and oxygen atoms in total. The lowest BCUT2D eigenvalue weighted by Gasteiger charge is -2.49. The Bertz CT molecular complexity index is 494. The topological polar surface area (TPSA) is 52.6 Å². The van der Waals surface area contributed by atoms with E-state index in [4.69, 9.17) is 9.16 Å². The molecule has 0 heterocycles. The summed E-state index contributed by atoms with van der Waals surface area (Å²) < 4.78 is 11.8. The van der Waals surface area contributed by atoms with Gasteiger partial charge in [-0.3, -0.25) is 9.59 Å². The van der Waals surface area contributed by atoms with Gasteiger partial charge in [0.1, 0.15) is 5.78 Å². The zero-order valence-corrected chi connectivity index (χ0v) is 17.3. The first-order valence-electron chi connectivity index (χ1n) is 9.28. The molecule has 5 atom stereocenters. The summed E-state index contributed by atoms with van der Waals surface area (Å²) in [4.78, 5) is 25.1. The minimum absolute atomic E-state index is 0.000409. The van der Waals surface area contributed by atoms with Gasteiger partial charge in [0.2, 0.25) is 0 Å². The monoisotopic (exact) mass is 354 g/mol. The number of esters is 1. The van der Waals surface area contributed by atoms with E-state index in [-0.39, 0.29) is 40.8 Å². The highest BCUT2D eigenvalue weighted by Gasteiger charge is 2.53. The fourth-order valence-corrected chi connectivity index (χ4v) is 5.62. The van der Waals surface area contributed by atoms with Gasteiger partial charge in [-0.1, -0.05) is 34.1 Å². The molecule has 0 unspecified atom stereocenters. The van der Waals surface area contributed by atoms with Crippen molar-refractivity contribution in [3.05, 3.63) is 0 Å². The summed E-state index contributed by atoms with van der Waals surface area (Å²) in [6, 6.07) is 0. The fraction of sp³-hybridized carbons (Fsp3) is 0.895. The molecule has 0 aromatic heterocycles. The van der Waals surface area contributed by atoms with Crippen molar-refractivity contribution in [3.8, 4) is 0 Å². The molecule has 0 radical (unpaired) electrons. The van der Waals surface area contributed by atoms with E-state index in [1.54, 1.807) is 0 Å². The molecule has 0 bridgehead atoms. The molecular formula is C19H34O4Si. The SMILES string of the molecule is COC(=O)[C@@H]1[C@@H]2[C@@H](O[Si](C)(C)C(C)(C)C)CCC[C@@H]2C(=O)C[C@H]1C. The van der Waals surface area contributed by atoms with Crippen molar-refractivity contribution in [1.29, 1.82) is 0 Å². The summed E-state index contributed by atoms with van der Waals surface area (Å²) in [5.74, 6) is -0.0834. The van der Waals surface area contributed by atoms with E-state index >= 15 is 0 Å². The first-order valence-corrected chi connectivity index (χ1v) is 12.2. The van der Waals surface area contributed by atoms with Gasteiger partial charge in [0.25, 0.3) is 0 Å². The zero-order chi connectivity index (χ0) is 18.3. The number of carbonyl (C=O) groups excluding carboxylic acids is 2. The second-order valence-corrected chi connectivity index (χ2v) is 14.0. The Balaban J connectivity index is 2.34. The van der Waals surface area contributed by atoms with Gasteiger partial charge in [-0.25, -0.2) is 0 Å². The van der Waals surface area contributed by atoms with Gasteiger partial charge in [-0.15, -0.1) is 0 Å². The van der Waals surface area contributed by atoms with Crippen LogP contribution in [0.1, 0.15) is 53.4 Å². The number of ether oxygens (including phenoxy) is 1. The number of carbonyl (C=O) groups is 2. The molecular weight excluding hydrogens is 320 g/mol. The second-order valence-electron chi connectivity index (χ2n) is 9.23. The molecule has 0 aliphatic heterocycles. The van der Waals surface area contributed by atoms with E-state index < -0.39 is 8.32 Å². The summed E-state index contributed by atoms with van der Waals surface area (Å²) in [6.07, 6.45) is 3.34. The number of hydrogen-bond donors (Lipinski definition) is 0. The average Bonchev–Trinajstić information content (AvgIpc) is 2.46. The normalized spacial score (nSPS) is 34.6. The summed E-state index contributed by atoms with van der Waals surface area (Å²) in [7, 11) is -0.499. The molecule has 2 saturated carbocycles. The Morgan fingerprint density at radius 2 is 1.83 bits per heavy atom. The number of hydrogen-bond acceptors (Lipinski definition) is 4. The van der Waals surface area contributed by atoms with Crippen LogP contribution in [0, 0.1) is 23.7 Å². The third-order valence-electron chi connectivity index (χ3n) is 6.59. The number of fused-ring (bicyclic) bond motifs is 1. The van der Waals surface area contributed by atoms with Gasteiger partial charge < -0.3 is 9.16 Å². The molecule has 0 aromatic carbocycles. The van der Waals surface area contributed by atoms with Crippen LogP contribution < -0.4 is 0 Å². The van der Waals surface area contributed by atoms with Crippen LogP contribution in [0.25, 0.3) is 0 Å². The van der Waals surface area contributed by atoms with E-state index in [0.29, 0.717) is 12.2 Å². The standard InChI is InChI=1S/C19H34O4Si/c1-12-11-14(20)13-9-8-10-15(17(13)16(12)18(21)22-5)23-24(6,7)19(2,3)4/h12-13,15-17H,8-11H2,1-7H3/t12-,13-,15+,16+,17+/m1/s1. The predicted molar refractivity (Wildman–Crippen MR) is 97.2 cm³/mol. The summed E-state index contributed by atoms with van der Waals surface area (Å²) in [5.41, 5.74) is 0. The molecule has 2 aliphatic rings. The number of ketones is 1. The number of Topliss-reactive ketones (excluding diaryl/α,β-unsaturated/α-hetero) is 1. The van der Waals surface area contributed by atoms with Crippen LogP contribution in [0.15, 0.2) is 0 Å². The average molecular weight is 355 g/mol. The molecule has 0 saturated heterocycles. The largest absolute Gasteiger partial charge is 0.469 e. The molecule has 138 valence electrons. The van der Waals surface area contributed by atoms with Crippen LogP contribution in [0.3, 0.4) is 0 Å². The minimum atomic E-state index is -1.95. The Labute approximate surface area is 147 Å². The van der Waals surface area contributed by atoms with Gasteiger partial charge in [0.05, 0.1) is 13.0 Å². The van der Waals surface area contributed by atoms with Crippen molar-refractivity contribution in [2.24, 2.45) is 23.7 Å². The lowest BCUT2D eigenvalue weighted by molar-refractivity contribution is -0.161. The van der Waals surface area contributed by atoms with Gasteiger partial charge in [0.15, 0.2) is 8.32 Å². The van der Waals surface area contributed by atoms with Gasteiger partial charge in [-0.2, -0.15) is 0 Å². The van der Waals surface area contributed by atoms with Crippen molar-refractivity contribution in [2.75, 3.05) is 7.11 Å². The molecule has 0 spiro atoms. The van der Waals surface area contributed by atoms with E-state index in [1.807, 2.05) is 6.92 Å². The zero-order valence-electron chi connectivity index (χ0n) is 16.3. The Hall–Kier alpha value is -0.683. The maximum absolute atomic E-state index is 12.6. The Kier molecular flexibility index (Phi) is 5.65. The van der Waals surface area contributed by atoms with Gasteiger partial charge in [-0.05, 0) is 36.9 Å². The summed E-state index contributed by atoms with van der Waals surface area (Å²) >= 11 is 0. The lowest BCUT2D eigenvalue weighted by Crippen LogP contribution is -2.55. The van der Waals surface area contributed by atoms with Crippen molar-refractivity contribution in [1.82, 2.24) is 0 Å². The maximum atomic E-state index is 12.6. The van der Waals surface area contributed by atoms with Crippen molar-refractivity contribution >= 4 is 20.1 Å². The molecule has 0 N–H and O–H groups in total. The third-order valence-corrected chi connectivity index (χ3v) is 11.1. The minimum Gasteiger partial charge on any atom is -0.469 e. The molecule has 0 amide bonds. The van der Waals surface area contributed by atoms with E-state index in [2.05, 4.69) is 33.9 Å². The first-order chi connectivity index (χ1) is 11.0. The van der Waals surface area contributed by atoms with Crippen LogP contribution in [-0.4, -0.2) is 33.3 Å². The van der Waals surface area contributed by atoms with E-state index in [0.717, 1.165) is 19.3 Å². The van der Waals surface area contributed by atoms with Crippen LogP contribution in [0.2, 0.25) is 18.1 Å². The highest BCUT2D eigenvalue weighted by molar-refractivity contribution is 6.74.